The van der Waals surface area contributed by atoms with Crippen molar-refractivity contribution in [2.45, 2.75) is 43.7 Å². The van der Waals surface area contributed by atoms with Crippen molar-refractivity contribution in [1.29, 1.82) is 0 Å². The van der Waals surface area contributed by atoms with Gasteiger partial charge in [-0.1, -0.05) is 18.2 Å². The molecule has 17 heteroatoms. The van der Waals surface area contributed by atoms with Crippen LogP contribution in [0.4, 0.5) is 20.5 Å². The molecule has 39 heavy (non-hydrogen) atoms. The van der Waals surface area contributed by atoms with E-state index in [0.717, 1.165) is 24.9 Å². The number of alkyl halides is 2. The number of imidazole rings is 1. The van der Waals surface area contributed by atoms with E-state index >= 15 is 8.78 Å². The maximum absolute atomic E-state index is 16.1. The minimum atomic E-state index is -4.53. The highest BCUT2D eigenvalue weighted by Crippen LogP contribution is 2.52. The molecule has 1 fully saturated rings. The van der Waals surface area contributed by atoms with Crippen molar-refractivity contribution >= 4 is 36.6 Å². The highest BCUT2D eigenvalue weighted by atomic mass is 31.2. The van der Waals surface area contributed by atoms with E-state index in [9.17, 15) is 14.5 Å². The molecule has 0 amide bonds. The molecule has 1 aliphatic heterocycles. The number of nitrogens with one attached hydrogen (secondary N) is 2. The number of fused-ring (bicyclic) bond motifs is 1. The number of ether oxygens (including phenoxy) is 2. The van der Waals surface area contributed by atoms with E-state index in [1.165, 1.54) is 19.1 Å². The lowest BCUT2D eigenvalue weighted by atomic mass is 9.97. The molecule has 14 nitrogen and oxygen atoms in total. The number of esters is 1. The first-order valence-electron chi connectivity index (χ1n) is 11.6. The van der Waals surface area contributed by atoms with Crippen molar-refractivity contribution < 1.29 is 41.8 Å². The van der Waals surface area contributed by atoms with Crippen LogP contribution >= 0.6 is 7.75 Å². The molecule has 0 bridgehead atoms. The van der Waals surface area contributed by atoms with Crippen molar-refractivity contribution in [3.8, 4) is 5.75 Å². The van der Waals surface area contributed by atoms with Gasteiger partial charge in [-0.25, -0.2) is 18.3 Å². The fourth-order valence-electron chi connectivity index (χ4n) is 3.99. The van der Waals surface area contributed by atoms with Gasteiger partial charge in [0.1, 0.15) is 18.4 Å². The van der Waals surface area contributed by atoms with Crippen molar-refractivity contribution in [3.05, 3.63) is 36.7 Å². The van der Waals surface area contributed by atoms with Crippen molar-refractivity contribution in [2.75, 3.05) is 31.8 Å². The van der Waals surface area contributed by atoms with Crippen LogP contribution in [0.15, 0.2) is 36.7 Å². The predicted molar refractivity (Wildman–Crippen MR) is 134 cm³/mol. The lowest BCUT2D eigenvalue weighted by Crippen LogP contribution is -2.47. The molecule has 1 saturated heterocycles. The number of methoxy groups -OCH3 is 1. The van der Waals surface area contributed by atoms with Gasteiger partial charge in [0.15, 0.2) is 35.0 Å². The number of rotatable bonds is 10. The summed E-state index contributed by atoms with van der Waals surface area (Å²) in [5, 5.41) is 15.8. The van der Waals surface area contributed by atoms with E-state index in [0.29, 0.717) is 0 Å². The molecule has 1 aliphatic rings. The number of halogens is 2. The zero-order chi connectivity index (χ0) is 28.6. The number of aliphatic hydroxyl groups excluding tert-OH is 1. The minimum absolute atomic E-state index is 0.00439. The van der Waals surface area contributed by atoms with E-state index in [2.05, 4.69) is 30.1 Å². The van der Waals surface area contributed by atoms with E-state index in [4.69, 9.17) is 19.5 Å². The first kappa shape index (κ1) is 28.6. The number of carbonyl (C=O) groups is 1. The zero-order valence-corrected chi connectivity index (χ0v) is 22.3. The monoisotopic (exact) mass is 571 g/mol. The Kier molecular flexibility index (Phi) is 7.78. The summed E-state index contributed by atoms with van der Waals surface area (Å²) in [6.07, 6.45) is -3.11. The van der Waals surface area contributed by atoms with Crippen molar-refractivity contribution in [1.82, 2.24) is 24.6 Å². The number of anilines is 2. The van der Waals surface area contributed by atoms with Crippen molar-refractivity contribution in [2.24, 2.45) is 0 Å². The lowest BCUT2D eigenvalue weighted by Gasteiger charge is -2.28. The quantitative estimate of drug-likeness (QED) is 0.205. The topological polar surface area (TPSA) is 185 Å². The lowest BCUT2D eigenvalue weighted by molar-refractivity contribution is -0.202. The van der Waals surface area contributed by atoms with E-state index in [1.807, 2.05) is 0 Å². The Bertz CT molecular complexity index is 1400. The number of nitrogens with two attached hydrogens (primary N) is 1. The van der Waals surface area contributed by atoms with Gasteiger partial charge in [0.2, 0.25) is 5.95 Å². The van der Waals surface area contributed by atoms with Crippen LogP contribution in [-0.4, -0.2) is 75.0 Å². The van der Waals surface area contributed by atoms with Gasteiger partial charge in [-0.15, -0.1) is 0 Å². The molecule has 0 radical (unpaired) electrons. The van der Waals surface area contributed by atoms with Gasteiger partial charge < -0.3 is 30.2 Å². The molecule has 212 valence electrons. The number of aromatic nitrogens is 4. The first-order valence-corrected chi connectivity index (χ1v) is 13.1. The summed E-state index contributed by atoms with van der Waals surface area (Å²) in [5.74, 6) is -3.93. The van der Waals surface area contributed by atoms with E-state index < -0.39 is 50.2 Å². The number of nitrogen functional groups attached to an aromatic ring is 1. The molecule has 3 aromatic rings. The molecule has 6 atom stereocenters. The highest BCUT2D eigenvalue weighted by Gasteiger charge is 2.65. The van der Waals surface area contributed by atoms with Crippen LogP contribution in [0.5, 0.6) is 5.75 Å². The standard InChI is InChI=1S/C22H28F2N7O7P/c1-12(17(32)35-4)30-39(34,38-13-8-6-5-7-9-13)36-10-22(24)18(33)21(2,23)19(37-22)31-11-27-14-15(26-3)28-20(25)29-16(14)31/h5-9,11-12,18-19,33H,10H2,1-4H3,(H,30,34)(H3,25,26,28,29)/t12-,18+,19-,21-,22-,39+/m1/s1. The smallest absolute Gasteiger partial charge is 0.459 e. The van der Waals surface area contributed by atoms with Gasteiger partial charge in [0, 0.05) is 7.05 Å². The third-order valence-corrected chi connectivity index (χ3v) is 7.59. The normalized spacial score (nSPS) is 27.2. The zero-order valence-electron chi connectivity index (χ0n) is 21.4. The average molecular weight is 571 g/mol. The Hall–Kier alpha value is -3.43. The number of para-hydroxylation sites is 1. The van der Waals surface area contributed by atoms with Crippen LogP contribution in [0.25, 0.3) is 11.2 Å². The summed E-state index contributed by atoms with van der Waals surface area (Å²) in [6.45, 7) is 0.964. The molecule has 0 spiro atoms. The number of nitrogens with zero attached hydrogens (tertiary/aromatic N) is 4. The van der Waals surface area contributed by atoms with Gasteiger partial charge in [-0.05, 0) is 26.0 Å². The van der Waals surface area contributed by atoms with Crippen LogP contribution in [0.3, 0.4) is 0 Å². The number of aliphatic hydroxyl groups is 1. The molecule has 0 aliphatic carbocycles. The molecule has 5 N–H and O–H groups in total. The summed E-state index contributed by atoms with van der Waals surface area (Å²) >= 11 is 0. The van der Waals surface area contributed by atoms with Gasteiger partial charge in [0.05, 0.1) is 13.4 Å². The Morgan fingerprint density at radius 1 is 1.33 bits per heavy atom. The minimum Gasteiger partial charge on any atom is -0.468 e. The summed E-state index contributed by atoms with van der Waals surface area (Å²) in [4.78, 5) is 24.1. The van der Waals surface area contributed by atoms with Gasteiger partial charge in [-0.3, -0.25) is 13.9 Å². The Labute approximate surface area is 221 Å². The van der Waals surface area contributed by atoms with Gasteiger partial charge in [-0.2, -0.15) is 15.1 Å². The molecule has 1 aromatic carbocycles. The van der Waals surface area contributed by atoms with E-state index in [1.54, 1.807) is 25.2 Å². The highest BCUT2D eigenvalue weighted by molar-refractivity contribution is 7.52. The Morgan fingerprint density at radius 3 is 2.67 bits per heavy atom. The van der Waals surface area contributed by atoms with Crippen LogP contribution in [-0.2, 0) is 23.4 Å². The molecular formula is C22H28F2N7O7P. The third kappa shape index (κ3) is 5.51. The van der Waals surface area contributed by atoms with Gasteiger partial charge in [0.25, 0.3) is 5.85 Å². The van der Waals surface area contributed by atoms with Crippen LogP contribution in [0, 0.1) is 0 Å². The number of carbonyl (C=O) groups excluding carboxylic acids is 1. The fraction of sp³-hybridized carbons (Fsp3) is 0.455. The van der Waals surface area contributed by atoms with Crippen LogP contribution in [0.2, 0.25) is 0 Å². The van der Waals surface area contributed by atoms with Crippen LogP contribution in [0.1, 0.15) is 20.1 Å². The second-order valence-corrected chi connectivity index (χ2v) is 10.6. The maximum atomic E-state index is 16.1. The predicted octanol–water partition coefficient (Wildman–Crippen LogP) is 2.09. The summed E-state index contributed by atoms with van der Waals surface area (Å²) in [5.41, 5.74) is 3.17. The molecule has 0 saturated carbocycles. The molecule has 2 aromatic heterocycles. The molecule has 0 unspecified atom stereocenters. The first-order chi connectivity index (χ1) is 18.3. The second-order valence-electron chi connectivity index (χ2n) is 8.86. The summed E-state index contributed by atoms with van der Waals surface area (Å²) in [7, 11) is -1.86. The SMILES string of the molecule is CNc1nc(N)nc2c1ncn2[C@@H]1O[C@](F)(CO[P@@](=O)(N[C@H](C)C(=O)OC)Oc2ccccc2)[C@@H](O)[C@@]1(C)F. The largest absolute Gasteiger partial charge is 0.468 e. The second kappa shape index (κ2) is 10.6. The summed E-state index contributed by atoms with van der Waals surface area (Å²) < 4.78 is 67.2. The Balaban J connectivity index is 1.62. The number of benzene rings is 1. The van der Waals surface area contributed by atoms with Gasteiger partial charge >= 0.3 is 13.7 Å². The van der Waals surface area contributed by atoms with Crippen LogP contribution < -0.4 is 20.7 Å². The third-order valence-electron chi connectivity index (χ3n) is 5.97. The average Bonchev–Trinajstić information content (AvgIpc) is 3.39. The Morgan fingerprint density at radius 2 is 2.03 bits per heavy atom. The molecule has 3 heterocycles. The fourth-order valence-corrected chi connectivity index (χ4v) is 5.50. The molecule has 4 rings (SSSR count). The summed E-state index contributed by atoms with van der Waals surface area (Å²) in [6, 6.07) is 6.50. The molecular weight excluding hydrogens is 543 g/mol. The van der Waals surface area contributed by atoms with E-state index in [-0.39, 0.29) is 28.7 Å². The maximum Gasteiger partial charge on any atom is 0.459 e. The van der Waals surface area contributed by atoms with Crippen molar-refractivity contribution in [3.63, 3.8) is 0 Å². The number of hydrogen-bond donors (Lipinski definition) is 4. The number of hydrogen-bond acceptors (Lipinski definition) is 12.